The van der Waals surface area contributed by atoms with E-state index < -0.39 is 0 Å². The number of aromatic nitrogens is 1. The highest BCUT2D eigenvalue weighted by Gasteiger charge is 2.28. The summed E-state index contributed by atoms with van der Waals surface area (Å²) in [6.45, 7) is 5.52. The maximum Gasteiger partial charge on any atom is 0.259 e. The highest BCUT2D eigenvalue weighted by molar-refractivity contribution is 5.97. The van der Waals surface area contributed by atoms with Gasteiger partial charge >= 0.3 is 0 Å². The molecule has 0 atom stereocenters. The molecule has 0 spiro atoms. The van der Waals surface area contributed by atoms with Crippen molar-refractivity contribution < 1.29 is 14.1 Å². The molecule has 0 aliphatic carbocycles. The summed E-state index contributed by atoms with van der Waals surface area (Å²) >= 11 is 0. The largest absolute Gasteiger partial charge is 0.361 e. The van der Waals surface area contributed by atoms with Gasteiger partial charge in [0.25, 0.3) is 11.8 Å². The molecule has 29 heavy (non-hydrogen) atoms. The van der Waals surface area contributed by atoms with Crippen molar-refractivity contribution in [1.82, 2.24) is 15.0 Å². The van der Waals surface area contributed by atoms with Crippen LogP contribution in [0, 0.1) is 13.8 Å². The molecule has 1 aliphatic heterocycles. The molecule has 0 radical (unpaired) electrons. The van der Waals surface area contributed by atoms with Gasteiger partial charge in [0.2, 0.25) is 0 Å². The number of rotatable bonds is 3. The smallest absolute Gasteiger partial charge is 0.259 e. The summed E-state index contributed by atoms with van der Waals surface area (Å²) in [5.74, 6) is 0.444. The van der Waals surface area contributed by atoms with Gasteiger partial charge in [0.05, 0.1) is 5.69 Å². The third-order valence-electron chi connectivity index (χ3n) is 5.34. The van der Waals surface area contributed by atoms with Gasteiger partial charge < -0.3 is 14.3 Å². The maximum atomic E-state index is 12.9. The van der Waals surface area contributed by atoms with Gasteiger partial charge in [0.1, 0.15) is 11.3 Å². The molecule has 1 aromatic heterocycles. The van der Waals surface area contributed by atoms with Crippen molar-refractivity contribution in [3.63, 3.8) is 0 Å². The van der Waals surface area contributed by atoms with Crippen molar-refractivity contribution >= 4 is 11.8 Å². The maximum absolute atomic E-state index is 12.9. The number of amides is 2. The Kier molecular flexibility index (Phi) is 5.16. The average Bonchev–Trinajstić information content (AvgIpc) is 3.11. The Balaban J connectivity index is 1.40. The van der Waals surface area contributed by atoms with Crippen molar-refractivity contribution in [2.75, 3.05) is 26.2 Å². The van der Waals surface area contributed by atoms with E-state index in [4.69, 9.17) is 4.52 Å². The number of carbonyl (C=O) groups is 2. The summed E-state index contributed by atoms with van der Waals surface area (Å²) in [5.41, 5.74) is 4.00. The Morgan fingerprint density at radius 1 is 0.793 bits per heavy atom. The summed E-state index contributed by atoms with van der Waals surface area (Å²) < 4.78 is 5.10. The fourth-order valence-corrected chi connectivity index (χ4v) is 3.68. The molecule has 0 N–H and O–H groups in total. The molecular formula is C23H23N3O3. The lowest BCUT2D eigenvalue weighted by Crippen LogP contribution is -2.50. The van der Waals surface area contributed by atoms with Crippen LogP contribution in [0.2, 0.25) is 0 Å². The lowest BCUT2D eigenvalue weighted by Gasteiger charge is -2.34. The van der Waals surface area contributed by atoms with Crippen LogP contribution in [-0.2, 0) is 0 Å². The predicted molar refractivity (Wildman–Crippen MR) is 110 cm³/mol. The third-order valence-corrected chi connectivity index (χ3v) is 5.34. The van der Waals surface area contributed by atoms with Crippen LogP contribution in [0.15, 0.2) is 59.1 Å². The molecule has 6 nitrogen and oxygen atoms in total. The van der Waals surface area contributed by atoms with Gasteiger partial charge in [-0.05, 0) is 37.1 Å². The highest BCUT2D eigenvalue weighted by atomic mass is 16.5. The molecule has 6 heteroatoms. The topological polar surface area (TPSA) is 66.7 Å². The van der Waals surface area contributed by atoms with Crippen molar-refractivity contribution in [3.05, 3.63) is 77.2 Å². The summed E-state index contributed by atoms with van der Waals surface area (Å²) in [7, 11) is 0. The van der Waals surface area contributed by atoms with Gasteiger partial charge in [-0.2, -0.15) is 0 Å². The van der Waals surface area contributed by atoms with E-state index in [1.807, 2.05) is 54.6 Å². The van der Waals surface area contributed by atoms with Crippen LogP contribution in [0.4, 0.5) is 0 Å². The summed E-state index contributed by atoms with van der Waals surface area (Å²) in [5, 5.41) is 3.86. The molecular weight excluding hydrogens is 366 g/mol. The first kappa shape index (κ1) is 18.9. The highest BCUT2D eigenvalue weighted by Crippen LogP contribution is 2.21. The molecule has 1 saturated heterocycles. The van der Waals surface area contributed by atoms with Crippen LogP contribution < -0.4 is 0 Å². The zero-order valence-electron chi connectivity index (χ0n) is 16.6. The second-order valence-corrected chi connectivity index (χ2v) is 7.23. The fourth-order valence-electron chi connectivity index (χ4n) is 3.68. The summed E-state index contributed by atoms with van der Waals surface area (Å²) in [6.07, 6.45) is 0. The van der Waals surface area contributed by atoms with E-state index in [1.54, 1.807) is 23.6 Å². The van der Waals surface area contributed by atoms with E-state index in [0.717, 1.165) is 11.1 Å². The molecule has 2 aromatic carbocycles. The number of aryl methyl sites for hydroxylation is 2. The van der Waals surface area contributed by atoms with Crippen molar-refractivity contribution in [1.29, 1.82) is 0 Å². The molecule has 0 bridgehead atoms. The molecule has 0 saturated carbocycles. The van der Waals surface area contributed by atoms with Gasteiger partial charge in [-0.15, -0.1) is 0 Å². The number of carbonyl (C=O) groups excluding carboxylic acids is 2. The van der Waals surface area contributed by atoms with E-state index in [1.165, 1.54) is 0 Å². The minimum Gasteiger partial charge on any atom is -0.361 e. The second kappa shape index (κ2) is 7.91. The Hall–Kier alpha value is -3.41. The minimum absolute atomic E-state index is 0.00551. The second-order valence-electron chi connectivity index (χ2n) is 7.23. The number of benzene rings is 2. The van der Waals surface area contributed by atoms with E-state index >= 15 is 0 Å². The zero-order valence-corrected chi connectivity index (χ0v) is 16.6. The lowest BCUT2D eigenvalue weighted by atomic mass is 10.0. The Morgan fingerprint density at radius 3 is 1.90 bits per heavy atom. The van der Waals surface area contributed by atoms with Crippen LogP contribution in [0.1, 0.15) is 32.2 Å². The number of nitrogens with zero attached hydrogens (tertiary/aromatic N) is 3. The first-order valence-electron chi connectivity index (χ1n) is 9.71. The molecule has 1 fully saturated rings. The van der Waals surface area contributed by atoms with Gasteiger partial charge in [-0.25, -0.2) is 0 Å². The van der Waals surface area contributed by atoms with Crippen molar-refractivity contribution in [2.24, 2.45) is 0 Å². The third kappa shape index (κ3) is 3.78. The molecule has 2 amide bonds. The average molecular weight is 389 g/mol. The van der Waals surface area contributed by atoms with Gasteiger partial charge in [0.15, 0.2) is 0 Å². The molecule has 2 heterocycles. The SMILES string of the molecule is Cc1noc(C)c1C(=O)N1CCN(C(=O)c2ccc(-c3ccccc3)cc2)CC1. The Bertz CT molecular complexity index is 998. The molecule has 1 aliphatic rings. The molecule has 0 unspecified atom stereocenters. The van der Waals surface area contributed by atoms with Gasteiger partial charge in [0, 0.05) is 31.7 Å². The van der Waals surface area contributed by atoms with E-state index in [2.05, 4.69) is 5.16 Å². The molecule has 3 aromatic rings. The first-order valence-corrected chi connectivity index (χ1v) is 9.71. The predicted octanol–water partition coefficient (Wildman–Crippen LogP) is 3.56. The van der Waals surface area contributed by atoms with Gasteiger partial charge in [-0.3, -0.25) is 9.59 Å². The lowest BCUT2D eigenvalue weighted by molar-refractivity contribution is 0.0534. The van der Waals surface area contributed by atoms with E-state index in [-0.39, 0.29) is 11.8 Å². The first-order chi connectivity index (χ1) is 14.0. The van der Waals surface area contributed by atoms with Crippen molar-refractivity contribution in [3.8, 4) is 11.1 Å². The normalized spacial score (nSPS) is 14.1. The zero-order chi connectivity index (χ0) is 20.4. The summed E-state index contributed by atoms with van der Waals surface area (Å²) in [4.78, 5) is 29.2. The minimum atomic E-state index is -0.0828. The van der Waals surface area contributed by atoms with E-state index in [9.17, 15) is 9.59 Å². The standard InChI is InChI=1S/C23H23N3O3/c1-16-21(17(2)29-24-16)23(28)26-14-12-25(13-15-26)22(27)20-10-8-19(9-11-20)18-6-4-3-5-7-18/h3-11H,12-15H2,1-2H3. The van der Waals surface area contributed by atoms with Crippen LogP contribution in [0.25, 0.3) is 11.1 Å². The van der Waals surface area contributed by atoms with Gasteiger partial charge in [-0.1, -0.05) is 47.6 Å². The van der Waals surface area contributed by atoms with Crippen LogP contribution in [0.3, 0.4) is 0 Å². The fraction of sp³-hybridized carbons (Fsp3) is 0.261. The van der Waals surface area contributed by atoms with Crippen molar-refractivity contribution in [2.45, 2.75) is 13.8 Å². The number of hydrogen-bond acceptors (Lipinski definition) is 4. The van der Waals surface area contributed by atoms with Crippen LogP contribution in [-0.4, -0.2) is 52.9 Å². The number of hydrogen-bond donors (Lipinski definition) is 0. The Labute approximate surface area is 169 Å². The van der Waals surface area contributed by atoms with E-state index in [0.29, 0.717) is 48.8 Å². The molecule has 148 valence electrons. The summed E-state index contributed by atoms with van der Waals surface area (Å²) in [6, 6.07) is 17.8. The van der Waals surface area contributed by atoms with Crippen LogP contribution in [0.5, 0.6) is 0 Å². The van der Waals surface area contributed by atoms with Crippen LogP contribution >= 0.6 is 0 Å². The molecule has 4 rings (SSSR count). The Morgan fingerprint density at radius 2 is 1.34 bits per heavy atom. The number of piperazine rings is 1. The quantitative estimate of drug-likeness (QED) is 0.687. The monoisotopic (exact) mass is 389 g/mol.